The quantitative estimate of drug-likeness (QED) is 0.250. The Labute approximate surface area is 273 Å². The zero-order valence-electron chi connectivity index (χ0n) is 36.2. The molecule has 0 aliphatic carbocycles. The van der Waals surface area contributed by atoms with Gasteiger partial charge in [-0.2, -0.15) is 0 Å². The summed E-state index contributed by atoms with van der Waals surface area (Å²) in [6, 6.07) is 5.20. The molecule has 0 bridgehead atoms. The number of hydrogen-bond donors (Lipinski definition) is 1. The molecule has 0 spiro atoms. The summed E-state index contributed by atoms with van der Waals surface area (Å²) >= 11 is 6.43. The molecule has 0 saturated carbocycles. The average molecular weight is 589 g/mol. The molecule has 0 radical (unpaired) electrons. The molecule has 0 amide bonds. The lowest BCUT2D eigenvalue weighted by molar-refractivity contribution is 0.569. The monoisotopic (exact) mass is 588 g/mol. The van der Waals surface area contributed by atoms with Crippen LogP contribution >= 0.6 is 11.6 Å². The second kappa shape index (κ2) is 11.2. The highest BCUT2D eigenvalue weighted by Crippen LogP contribution is 2.46. The lowest BCUT2D eigenvalue weighted by Crippen LogP contribution is -2.18. The summed E-state index contributed by atoms with van der Waals surface area (Å²) in [5, 5.41) is 3.75. The van der Waals surface area contributed by atoms with Crippen molar-refractivity contribution < 1.29 is 12.3 Å². The van der Waals surface area contributed by atoms with E-state index in [-0.39, 0.29) is 93.4 Å². The van der Waals surface area contributed by atoms with Gasteiger partial charge in [0.1, 0.15) is 0 Å². The summed E-state index contributed by atoms with van der Waals surface area (Å²) < 4.78 is 84.9. The molecule has 0 atom stereocenters. The summed E-state index contributed by atoms with van der Waals surface area (Å²) in [6.07, 6.45) is 0. The van der Waals surface area contributed by atoms with E-state index in [2.05, 4.69) is 5.32 Å². The highest BCUT2D eigenvalue weighted by atomic mass is 35.5. The zero-order valence-corrected chi connectivity index (χ0v) is 27.9. The number of benzene rings is 4. The van der Waals surface area contributed by atoms with Gasteiger partial charge in [-0.25, -0.2) is 0 Å². The molecule has 42 heavy (non-hydrogen) atoms. The van der Waals surface area contributed by atoms with E-state index in [0.717, 1.165) is 0 Å². The maximum absolute atomic E-state index is 9.85. The van der Waals surface area contributed by atoms with Crippen LogP contribution in [0.5, 0.6) is 0 Å². The maximum Gasteiger partial charge on any atom is 0.0633 e. The molecule has 0 heterocycles. The zero-order chi connectivity index (χ0) is 39.1. The summed E-state index contributed by atoms with van der Waals surface area (Å²) in [4.78, 5) is 0. The first-order valence-corrected chi connectivity index (χ1v) is 14.9. The van der Waals surface area contributed by atoms with Crippen LogP contribution in [-0.2, 0) is 21.7 Å². The second-order valence-electron chi connectivity index (χ2n) is 15.1. The van der Waals surface area contributed by atoms with Crippen molar-refractivity contribution in [2.45, 2.75) is 105 Å². The van der Waals surface area contributed by atoms with E-state index < -0.39 is 21.7 Å². The van der Waals surface area contributed by atoms with E-state index in [9.17, 15) is 9.60 Å². The lowest BCUT2D eigenvalue weighted by Gasteiger charge is -2.30. The largest absolute Gasteiger partial charge is 0.354 e. The maximum atomic E-state index is 9.85. The van der Waals surface area contributed by atoms with Crippen LogP contribution in [0.4, 0.5) is 11.4 Å². The molecule has 0 saturated heterocycles. The van der Waals surface area contributed by atoms with Crippen molar-refractivity contribution in [2.75, 3.05) is 5.32 Å². The molecule has 0 unspecified atom stereocenters. The molecule has 0 fully saturated rings. The fourth-order valence-electron chi connectivity index (χ4n) is 4.46. The van der Waals surface area contributed by atoms with Gasteiger partial charge in [-0.1, -0.05) is 143 Å². The molecule has 0 aliphatic heterocycles. The Morgan fingerprint density at radius 2 is 1.12 bits per heavy atom. The van der Waals surface area contributed by atoms with E-state index in [1.165, 1.54) is 0 Å². The van der Waals surface area contributed by atoms with Crippen LogP contribution in [0.25, 0.3) is 22.3 Å². The Hall–Kier alpha value is -3.03. The molecule has 4 aromatic rings. The molecular formula is C40H50ClN. The minimum atomic E-state index is -0.835. The van der Waals surface area contributed by atoms with Crippen molar-refractivity contribution in [3.05, 3.63) is 106 Å². The van der Waals surface area contributed by atoms with Gasteiger partial charge in [0.2, 0.25) is 0 Å². The van der Waals surface area contributed by atoms with Crippen LogP contribution in [0, 0.1) is 0 Å². The van der Waals surface area contributed by atoms with Gasteiger partial charge in [0, 0.05) is 21.8 Å². The van der Waals surface area contributed by atoms with E-state index in [1.807, 2.05) is 83.1 Å². The average Bonchev–Trinajstić information content (AvgIpc) is 2.93. The van der Waals surface area contributed by atoms with E-state index in [1.54, 1.807) is 24.3 Å². The molecule has 4 rings (SSSR count). The van der Waals surface area contributed by atoms with Crippen LogP contribution in [0.1, 0.15) is 118 Å². The smallest absolute Gasteiger partial charge is 0.0633 e. The van der Waals surface area contributed by atoms with Gasteiger partial charge in [-0.05, 0) is 85.3 Å². The van der Waals surface area contributed by atoms with Crippen molar-refractivity contribution in [3.8, 4) is 22.3 Å². The third-order valence-electron chi connectivity index (χ3n) is 7.03. The molecule has 1 N–H and O–H groups in total. The van der Waals surface area contributed by atoms with Gasteiger partial charge in [0.25, 0.3) is 0 Å². The molecule has 0 aromatic heterocycles. The molecular weight excluding hydrogens is 530 g/mol. The number of rotatable bonds is 4. The van der Waals surface area contributed by atoms with Gasteiger partial charge in [-0.15, -0.1) is 0 Å². The highest BCUT2D eigenvalue weighted by molar-refractivity contribution is 6.30. The van der Waals surface area contributed by atoms with Gasteiger partial charge >= 0.3 is 0 Å². The van der Waals surface area contributed by atoms with Crippen LogP contribution in [0.15, 0.2) is 78.6 Å². The summed E-state index contributed by atoms with van der Waals surface area (Å²) in [6.45, 7) is 22.5. The van der Waals surface area contributed by atoms with Gasteiger partial charge < -0.3 is 5.32 Å². The second-order valence-corrected chi connectivity index (χ2v) is 15.6. The van der Waals surface area contributed by atoms with Crippen molar-refractivity contribution in [2.24, 2.45) is 0 Å². The Morgan fingerprint density at radius 3 is 1.64 bits per heavy atom. The SMILES string of the molecule is [2H]c1c([2H])c(C(C)(C)C)c([2H])c([2H])c1-c1c([2H])c(C(C)(C)C)c([2H])c(-c2c([2H])c([2H])c(C(C)(C)C)c([2H])c2C(C)(C)C)c1Nc1cccc(Cl)c1. The summed E-state index contributed by atoms with van der Waals surface area (Å²) in [5.74, 6) is 0. The van der Waals surface area contributed by atoms with Crippen molar-refractivity contribution in [1.82, 2.24) is 0 Å². The van der Waals surface area contributed by atoms with Gasteiger partial charge in [0.15, 0.2) is 0 Å². The Balaban J connectivity index is 2.48. The van der Waals surface area contributed by atoms with Crippen molar-refractivity contribution in [3.63, 3.8) is 0 Å². The third kappa shape index (κ3) is 7.12. The highest BCUT2D eigenvalue weighted by Gasteiger charge is 2.27. The van der Waals surface area contributed by atoms with Gasteiger partial charge in [0.05, 0.1) is 18.0 Å². The lowest BCUT2D eigenvalue weighted by atomic mass is 9.75. The molecule has 1 nitrogen and oxygen atoms in total. The predicted molar refractivity (Wildman–Crippen MR) is 187 cm³/mol. The number of hydrogen-bond acceptors (Lipinski definition) is 1. The number of anilines is 2. The first-order chi connectivity index (χ1) is 23.0. The van der Waals surface area contributed by atoms with E-state index in [4.69, 9.17) is 14.3 Å². The van der Waals surface area contributed by atoms with Crippen LogP contribution < -0.4 is 5.32 Å². The number of nitrogens with one attached hydrogen (secondary N) is 1. The Bertz CT molecular complexity index is 2030. The van der Waals surface area contributed by atoms with E-state index in [0.29, 0.717) is 21.8 Å². The predicted octanol–water partition coefficient (Wildman–Crippen LogP) is 12.6. The summed E-state index contributed by atoms with van der Waals surface area (Å²) in [7, 11) is 0. The topological polar surface area (TPSA) is 12.0 Å². The first kappa shape index (κ1) is 21.6. The summed E-state index contributed by atoms with van der Waals surface area (Å²) in [5.41, 5.74) is -0.818. The normalized spacial score (nSPS) is 15.9. The third-order valence-corrected chi connectivity index (χ3v) is 7.27. The Kier molecular flexibility index (Phi) is 5.78. The first-order valence-electron chi connectivity index (χ1n) is 19.0. The van der Waals surface area contributed by atoms with Crippen molar-refractivity contribution >= 4 is 23.0 Å². The van der Waals surface area contributed by atoms with Crippen LogP contribution in [-0.4, -0.2) is 0 Å². The van der Waals surface area contributed by atoms with E-state index >= 15 is 0 Å². The van der Waals surface area contributed by atoms with Crippen molar-refractivity contribution in [1.29, 1.82) is 0 Å². The molecule has 2 heteroatoms. The Morgan fingerprint density at radius 1 is 0.571 bits per heavy atom. The number of halogens is 1. The van der Waals surface area contributed by atoms with Crippen LogP contribution in [0.2, 0.25) is 5.02 Å². The fourth-order valence-corrected chi connectivity index (χ4v) is 4.65. The minimum absolute atomic E-state index is 0.0283. The van der Waals surface area contributed by atoms with Crippen LogP contribution in [0.3, 0.4) is 0 Å². The molecule has 4 aromatic carbocycles. The fraction of sp³-hybridized carbons (Fsp3) is 0.400. The standard InChI is InChI=1S/C40H50ClN/c1-37(2,3)27-18-16-26(17-19-27)33-22-29(39(7,8)9)23-34(36(33)42-31-15-13-14-30(41)25-31)32-21-20-28(38(4,5)6)24-35(32)40(10,11)12/h13-25,42H,1-12H3/i16D,17D,18D,19D,20D,21D,22D,23D,24D. The molecule has 0 aliphatic rings. The minimum Gasteiger partial charge on any atom is -0.354 e. The molecule has 222 valence electrons. The van der Waals surface area contributed by atoms with Gasteiger partial charge in [-0.3, -0.25) is 0 Å².